The fourth-order valence-corrected chi connectivity index (χ4v) is 1.72. The van der Waals surface area contributed by atoms with Gasteiger partial charge in [0, 0.05) is 31.5 Å². The maximum atomic E-state index is 13.4. The Bertz CT molecular complexity index is 514. The van der Waals surface area contributed by atoms with E-state index in [-0.39, 0.29) is 5.82 Å². The van der Waals surface area contributed by atoms with Gasteiger partial charge in [-0.05, 0) is 24.1 Å². The Balaban J connectivity index is 1.90. The van der Waals surface area contributed by atoms with Gasteiger partial charge >= 0.3 is 0 Å². The van der Waals surface area contributed by atoms with Crippen LogP contribution in [0.3, 0.4) is 0 Å². The summed E-state index contributed by atoms with van der Waals surface area (Å²) in [5.41, 5.74) is 1.71. The van der Waals surface area contributed by atoms with Crippen molar-refractivity contribution in [3.05, 3.63) is 54.0 Å². The Kier molecular flexibility index (Phi) is 4.12. The average molecular weight is 245 g/mol. The lowest BCUT2D eigenvalue weighted by molar-refractivity contribution is 0.610. The SMILES string of the molecule is CNc1cc(NCCc2ccccc2F)ccn1. The summed E-state index contributed by atoms with van der Waals surface area (Å²) in [5.74, 6) is 0.663. The molecule has 0 saturated heterocycles. The fourth-order valence-electron chi connectivity index (χ4n) is 1.72. The molecular formula is C14H16FN3. The van der Waals surface area contributed by atoms with Gasteiger partial charge < -0.3 is 10.6 Å². The molecule has 0 unspecified atom stereocenters. The molecule has 18 heavy (non-hydrogen) atoms. The van der Waals surface area contributed by atoms with Crippen LogP contribution in [0.25, 0.3) is 0 Å². The molecule has 0 fully saturated rings. The second-order valence-electron chi connectivity index (χ2n) is 3.95. The highest BCUT2D eigenvalue weighted by Gasteiger charge is 2.00. The molecular weight excluding hydrogens is 229 g/mol. The number of aromatic nitrogens is 1. The highest BCUT2D eigenvalue weighted by atomic mass is 19.1. The molecule has 0 bridgehead atoms. The highest BCUT2D eigenvalue weighted by molar-refractivity contribution is 5.51. The van der Waals surface area contributed by atoms with Gasteiger partial charge in [0.2, 0.25) is 0 Å². The van der Waals surface area contributed by atoms with Crippen LogP contribution in [-0.4, -0.2) is 18.6 Å². The van der Waals surface area contributed by atoms with Gasteiger partial charge in [0.1, 0.15) is 11.6 Å². The monoisotopic (exact) mass is 245 g/mol. The van der Waals surface area contributed by atoms with Crippen molar-refractivity contribution in [2.24, 2.45) is 0 Å². The lowest BCUT2D eigenvalue weighted by Gasteiger charge is -2.08. The first-order valence-electron chi connectivity index (χ1n) is 5.90. The van der Waals surface area contributed by atoms with Crippen LogP contribution in [0.2, 0.25) is 0 Å². The summed E-state index contributed by atoms with van der Waals surface area (Å²) < 4.78 is 13.4. The van der Waals surface area contributed by atoms with Crippen LogP contribution in [0, 0.1) is 5.82 Å². The third-order valence-electron chi connectivity index (χ3n) is 2.70. The van der Waals surface area contributed by atoms with E-state index in [1.165, 1.54) is 6.07 Å². The van der Waals surface area contributed by atoms with E-state index < -0.39 is 0 Å². The van der Waals surface area contributed by atoms with Crippen molar-refractivity contribution in [1.82, 2.24) is 4.98 Å². The van der Waals surface area contributed by atoms with Gasteiger partial charge in [0.25, 0.3) is 0 Å². The molecule has 1 aromatic heterocycles. The second kappa shape index (κ2) is 6.00. The number of benzene rings is 1. The molecule has 94 valence electrons. The zero-order valence-electron chi connectivity index (χ0n) is 10.3. The van der Waals surface area contributed by atoms with Crippen LogP contribution in [-0.2, 0) is 6.42 Å². The van der Waals surface area contributed by atoms with Crippen molar-refractivity contribution >= 4 is 11.5 Å². The minimum Gasteiger partial charge on any atom is -0.385 e. The number of rotatable bonds is 5. The van der Waals surface area contributed by atoms with Gasteiger partial charge in [-0.15, -0.1) is 0 Å². The van der Waals surface area contributed by atoms with Crippen molar-refractivity contribution in [3.8, 4) is 0 Å². The molecule has 0 aliphatic carbocycles. The third kappa shape index (κ3) is 3.20. The second-order valence-corrected chi connectivity index (χ2v) is 3.95. The molecule has 3 nitrogen and oxygen atoms in total. The summed E-state index contributed by atoms with van der Waals surface area (Å²) in [5, 5.41) is 6.22. The maximum absolute atomic E-state index is 13.4. The minimum atomic E-state index is -0.148. The van der Waals surface area contributed by atoms with Crippen LogP contribution in [0.15, 0.2) is 42.6 Å². The Morgan fingerprint density at radius 1 is 1.22 bits per heavy atom. The normalized spacial score (nSPS) is 10.1. The van der Waals surface area contributed by atoms with E-state index in [1.807, 2.05) is 31.3 Å². The van der Waals surface area contributed by atoms with Crippen molar-refractivity contribution in [2.75, 3.05) is 24.2 Å². The maximum Gasteiger partial charge on any atom is 0.127 e. The average Bonchev–Trinajstić information content (AvgIpc) is 2.41. The molecule has 0 atom stereocenters. The van der Waals surface area contributed by atoms with E-state index in [4.69, 9.17) is 0 Å². The van der Waals surface area contributed by atoms with Crippen LogP contribution in [0.5, 0.6) is 0 Å². The molecule has 0 aliphatic rings. The first-order chi connectivity index (χ1) is 8.79. The number of halogens is 1. The summed E-state index contributed by atoms with van der Waals surface area (Å²) in [4.78, 5) is 4.13. The number of pyridine rings is 1. The zero-order valence-corrected chi connectivity index (χ0v) is 10.3. The van der Waals surface area contributed by atoms with E-state index in [1.54, 1.807) is 12.3 Å². The van der Waals surface area contributed by atoms with E-state index in [9.17, 15) is 4.39 Å². The molecule has 0 amide bonds. The van der Waals surface area contributed by atoms with Crippen molar-refractivity contribution in [1.29, 1.82) is 0 Å². The smallest absolute Gasteiger partial charge is 0.127 e. The van der Waals surface area contributed by atoms with Gasteiger partial charge in [-0.3, -0.25) is 0 Å². The Morgan fingerprint density at radius 2 is 2.06 bits per heavy atom. The van der Waals surface area contributed by atoms with Crippen LogP contribution in [0.4, 0.5) is 15.9 Å². The quantitative estimate of drug-likeness (QED) is 0.850. The van der Waals surface area contributed by atoms with Gasteiger partial charge in [-0.2, -0.15) is 0 Å². The van der Waals surface area contributed by atoms with E-state index in [2.05, 4.69) is 15.6 Å². The molecule has 2 N–H and O–H groups in total. The first-order valence-corrected chi connectivity index (χ1v) is 5.90. The molecule has 4 heteroatoms. The molecule has 1 heterocycles. The molecule has 0 saturated carbocycles. The van der Waals surface area contributed by atoms with Crippen LogP contribution in [0.1, 0.15) is 5.56 Å². The Hall–Kier alpha value is -2.10. The minimum absolute atomic E-state index is 0.148. The van der Waals surface area contributed by atoms with Crippen LogP contribution >= 0.6 is 0 Å². The zero-order chi connectivity index (χ0) is 12.8. The van der Waals surface area contributed by atoms with Gasteiger partial charge in [0.15, 0.2) is 0 Å². The van der Waals surface area contributed by atoms with E-state index >= 15 is 0 Å². The molecule has 1 aromatic carbocycles. The molecule has 0 radical (unpaired) electrons. The summed E-state index contributed by atoms with van der Waals surface area (Å²) in [6.45, 7) is 0.689. The highest BCUT2D eigenvalue weighted by Crippen LogP contribution is 2.12. The predicted octanol–water partition coefficient (Wildman–Crippen LogP) is 2.92. The standard InChI is InChI=1S/C14H16FN3/c1-16-14-10-12(7-9-18-14)17-8-6-11-4-2-3-5-13(11)15/h2-5,7,9-10H,6,8H2,1H3,(H2,16,17,18). The topological polar surface area (TPSA) is 37.0 Å². The van der Waals surface area contributed by atoms with E-state index in [0.29, 0.717) is 13.0 Å². The molecule has 0 spiro atoms. The summed E-state index contributed by atoms with van der Waals surface area (Å²) in [6.07, 6.45) is 2.39. The third-order valence-corrected chi connectivity index (χ3v) is 2.70. The summed E-state index contributed by atoms with van der Waals surface area (Å²) in [6, 6.07) is 10.7. The van der Waals surface area contributed by atoms with Crippen LogP contribution < -0.4 is 10.6 Å². The van der Waals surface area contributed by atoms with Crippen molar-refractivity contribution in [2.45, 2.75) is 6.42 Å². The molecule has 2 aromatic rings. The Labute approximate surface area is 106 Å². The van der Waals surface area contributed by atoms with Gasteiger partial charge in [0.05, 0.1) is 0 Å². The number of anilines is 2. The number of nitrogens with one attached hydrogen (secondary N) is 2. The predicted molar refractivity (Wildman–Crippen MR) is 72.4 cm³/mol. The number of hydrogen-bond acceptors (Lipinski definition) is 3. The van der Waals surface area contributed by atoms with Gasteiger partial charge in [-0.25, -0.2) is 9.37 Å². The summed E-state index contributed by atoms with van der Waals surface area (Å²) >= 11 is 0. The number of nitrogens with zero attached hydrogens (tertiary/aromatic N) is 1. The first kappa shape index (κ1) is 12.4. The van der Waals surface area contributed by atoms with E-state index in [0.717, 1.165) is 17.1 Å². The summed E-state index contributed by atoms with van der Waals surface area (Å²) in [7, 11) is 1.82. The lowest BCUT2D eigenvalue weighted by Crippen LogP contribution is -2.06. The lowest BCUT2D eigenvalue weighted by atomic mass is 10.1. The fraction of sp³-hybridized carbons (Fsp3) is 0.214. The Morgan fingerprint density at radius 3 is 2.83 bits per heavy atom. The molecule has 2 rings (SSSR count). The van der Waals surface area contributed by atoms with Crippen molar-refractivity contribution < 1.29 is 4.39 Å². The number of hydrogen-bond donors (Lipinski definition) is 2. The largest absolute Gasteiger partial charge is 0.385 e. The van der Waals surface area contributed by atoms with Crippen molar-refractivity contribution in [3.63, 3.8) is 0 Å². The molecule has 0 aliphatic heterocycles. The van der Waals surface area contributed by atoms with Gasteiger partial charge in [-0.1, -0.05) is 18.2 Å².